The zero-order valence-corrected chi connectivity index (χ0v) is 16.9. The average molecular weight is 405 g/mol. The van der Waals surface area contributed by atoms with Crippen LogP contribution >= 0.6 is 11.8 Å². The highest BCUT2D eigenvalue weighted by Crippen LogP contribution is 2.32. The van der Waals surface area contributed by atoms with Crippen LogP contribution in [0.25, 0.3) is 0 Å². The molecular formula is C21H25FN2O3S. The second kappa shape index (κ2) is 9.80. The average Bonchev–Trinajstić information content (AvgIpc) is 3.17. The Bertz CT molecular complexity index is 780. The number of thioether (sulfide) groups is 1. The molecule has 4 rings (SSSR count). The summed E-state index contributed by atoms with van der Waals surface area (Å²) in [6.07, 6.45) is 0. The first-order chi connectivity index (χ1) is 13.5. The molecule has 2 aromatic carbocycles. The highest BCUT2D eigenvalue weighted by molar-refractivity contribution is 7.99. The van der Waals surface area contributed by atoms with Gasteiger partial charge in [0.2, 0.25) is 12.7 Å². The fourth-order valence-corrected chi connectivity index (χ4v) is 3.92. The molecule has 5 nitrogen and oxygen atoms in total. The summed E-state index contributed by atoms with van der Waals surface area (Å²) in [7, 11) is 0. The van der Waals surface area contributed by atoms with Crippen LogP contribution in [0.3, 0.4) is 0 Å². The summed E-state index contributed by atoms with van der Waals surface area (Å²) in [6, 6.07) is 12.4. The van der Waals surface area contributed by atoms with Gasteiger partial charge in [0.15, 0.2) is 11.5 Å². The summed E-state index contributed by atoms with van der Waals surface area (Å²) in [5.74, 6) is 3.29. The quantitative estimate of drug-likeness (QED) is 0.822. The van der Waals surface area contributed by atoms with Gasteiger partial charge >= 0.3 is 0 Å². The van der Waals surface area contributed by atoms with Gasteiger partial charge in [0, 0.05) is 24.1 Å². The van der Waals surface area contributed by atoms with Gasteiger partial charge in [-0.05, 0) is 43.7 Å². The summed E-state index contributed by atoms with van der Waals surface area (Å²) >= 11 is 1.82. The van der Waals surface area contributed by atoms with Crippen molar-refractivity contribution in [2.45, 2.75) is 32.5 Å². The molecule has 2 aliphatic rings. The summed E-state index contributed by atoms with van der Waals surface area (Å²) in [5, 5.41) is 6.29. The third-order valence-electron chi connectivity index (χ3n) is 4.37. The molecular weight excluding hydrogens is 379 g/mol. The fourth-order valence-electron chi connectivity index (χ4n) is 2.85. The zero-order chi connectivity index (χ0) is 19.9. The maximum absolute atomic E-state index is 12.1. The molecule has 2 heterocycles. The lowest BCUT2D eigenvalue weighted by atomic mass is 10.2. The molecule has 0 bridgehead atoms. The Morgan fingerprint density at radius 3 is 2.64 bits per heavy atom. The van der Waals surface area contributed by atoms with E-state index in [2.05, 4.69) is 17.6 Å². The number of aryl methyl sites for hydroxylation is 1. The van der Waals surface area contributed by atoms with Crippen molar-refractivity contribution < 1.29 is 18.7 Å². The normalized spacial score (nSPS) is 20.1. The largest absolute Gasteiger partial charge is 0.454 e. The number of fused-ring (bicyclic) bond motifs is 1. The summed E-state index contributed by atoms with van der Waals surface area (Å²) in [4.78, 5) is 12.1. The lowest BCUT2D eigenvalue weighted by Crippen LogP contribution is -2.52. The van der Waals surface area contributed by atoms with E-state index in [-0.39, 0.29) is 24.6 Å². The van der Waals surface area contributed by atoms with E-state index in [1.165, 1.54) is 12.1 Å². The standard InChI is InChI=1S/C14H18N2O3S.C7H7F/c1-9-6-20-7-11(16-9)14(17)15-5-10-2-3-12-13(4-10)19-8-18-12;1-6-2-4-7(8)5-3-6/h2-4,9,11,16H,5-8H2,1H3,(H,15,17);2-5H,1H3/t9?,11-;/m0./s1. The topological polar surface area (TPSA) is 59.6 Å². The minimum absolute atomic E-state index is 0.0571. The number of rotatable bonds is 3. The smallest absolute Gasteiger partial charge is 0.238 e. The Hall–Kier alpha value is -2.25. The molecule has 0 radical (unpaired) electrons. The van der Waals surface area contributed by atoms with Gasteiger partial charge in [0.25, 0.3) is 0 Å². The number of halogens is 1. The molecule has 2 atom stereocenters. The number of hydrogen-bond acceptors (Lipinski definition) is 5. The zero-order valence-electron chi connectivity index (χ0n) is 16.0. The summed E-state index contributed by atoms with van der Waals surface area (Å²) in [5.41, 5.74) is 2.10. The molecule has 1 saturated heterocycles. The minimum Gasteiger partial charge on any atom is -0.454 e. The molecule has 2 aliphatic heterocycles. The Labute approximate surface area is 169 Å². The first kappa shape index (κ1) is 20.5. The molecule has 1 fully saturated rings. The van der Waals surface area contributed by atoms with Crippen molar-refractivity contribution in [3.05, 3.63) is 59.4 Å². The van der Waals surface area contributed by atoms with Gasteiger partial charge in [-0.25, -0.2) is 4.39 Å². The van der Waals surface area contributed by atoms with Crippen LogP contribution in [-0.4, -0.2) is 36.3 Å². The molecule has 1 amide bonds. The number of carbonyl (C=O) groups excluding carboxylic acids is 1. The van der Waals surface area contributed by atoms with Gasteiger partial charge in [-0.3, -0.25) is 4.79 Å². The monoisotopic (exact) mass is 404 g/mol. The third-order valence-corrected chi connectivity index (χ3v) is 5.67. The van der Waals surface area contributed by atoms with Gasteiger partial charge in [-0.15, -0.1) is 0 Å². The van der Waals surface area contributed by atoms with Crippen molar-refractivity contribution in [2.24, 2.45) is 0 Å². The van der Waals surface area contributed by atoms with E-state index in [0.717, 1.165) is 34.1 Å². The van der Waals surface area contributed by atoms with Crippen LogP contribution in [0.5, 0.6) is 11.5 Å². The van der Waals surface area contributed by atoms with E-state index in [9.17, 15) is 9.18 Å². The highest BCUT2D eigenvalue weighted by Gasteiger charge is 2.24. The molecule has 28 heavy (non-hydrogen) atoms. The van der Waals surface area contributed by atoms with Crippen LogP contribution in [0.15, 0.2) is 42.5 Å². The summed E-state index contributed by atoms with van der Waals surface area (Å²) in [6.45, 7) is 4.81. The second-order valence-electron chi connectivity index (χ2n) is 6.86. The Kier molecular flexibility index (Phi) is 7.17. The first-order valence-corrected chi connectivity index (χ1v) is 10.4. The van der Waals surface area contributed by atoms with Crippen LogP contribution in [-0.2, 0) is 11.3 Å². The minimum atomic E-state index is -0.171. The molecule has 1 unspecified atom stereocenters. The lowest BCUT2D eigenvalue weighted by molar-refractivity contribution is -0.123. The molecule has 150 valence electrons. The van der Waals surface area contributed by atoms with Crippen LogP contribution in [0, 0.1) is 12.7 Å². The molecule has 0 aliphatic carbocycles. The van der Waals surface area contributed by atoms with E-state index in [4.69, 9.17) is 9.47 Å². The first-order valence-electron chi connectivity index (χ1n) is 9.23. The molecule has 0 saturated carbocycles. The third kappa shape index (κ3) is 5.87. The number of amides is 1. The number of ether oxygens (including phenoxy) is 2. The fraction of sp³-hybridized carbons (Fsp3) is 0.381. The van der Waals surface area contributed by atoms with Gasteiger partial charge in [-0.1, -0.05) is 23.8 Å². The van der Waals surface area contributed by atoms with Crippen molar-refractivity contribution in [1.82, 2.24) is 10.6 Å². The molecule has 2 N–H and O–H groups in total. The Morgan fingerprint density at radius 1 is 1.18 bits per heavy atom. The SMILES string of the molecule is CC1CSC[C@@H](C(=O)NCc2ccc3c(c2)OCO3)N1.Cc1ccc(F)cc1. The predicted octanol–water partition coefficient (Wildman–Crippen LogP) is 3.26. The summed E-state index contributed by atoms with van der Waals surface area (Å²) < 4.78 is 22.7. The molecule has 7 heteroatoms. The number of benzene rings is 2. The van der Waals surface area contributed by atoms with Gasteiger partial charge in [0.05, 0.1) is 6.04 Å². The lowest BCUT2D eigenvalue weighted by Gasteiger charge is -2.27. The second-order valence-corrected chi connectivity index (χ2v) is 7.93. The number of carbonyl (C=O) groups is 1. The van der Waals surface area contributed by atoms with E-state index in [0.29, 0.717) is 12.6 Å². The van der Waals surface area contributed by atoms with Crippen LogP contribution in [0.2, 0.25) is 0 Å². The Balaban J connectivity index is 0.000000236. The van der Waals surface area contributed by atoms with Crippen LogP contribution < -0.4 is 20.1 Å². The van der Waals surface area contributed by atoms with Gasteiger partial charge < -0.3 is 20.1 Å². The maximum atomic E-state index is 12.1. The van der Waals surface area contributed by atoms with E-state index >= 15 is 0 Å². The van der Waals surface area contributed by atoms with Gasteiger partial charge in [0.1, 0.15) is 5.82 Å². The number of nitrogens with one attached hydrogen (secondary N) is 2. The van der Waals surface area contributed by atoms with E-state index in [1.54, 1.807) is 12.1 Å². The molecule has 2 aromatic rings. The molecule has 0 spiro atoms. The maximum Gasteiger partial charge on any atom is 0.238 e. The van der Waals surface area contributed by atoms with E-state index < -0.39 is 0 Å². The highest BCUT2D eigenvalue weighted by atomic mass is 32.2. The van der Waals surface area contributed by atoms with Gasteiger partial charge in [-0.2, -0.15) is 11.8 Å². The van der Waals surface area contributed by atoms with Crippen LogP contribution in [0.1, 0.15) is 18.1 Å². The molecule has 0 aromatic heterocycles. The van der Waals surface area contributed by atoms with Crippen LogP contribution in [0.4, 0.5) is 4.39 Å². The predicted molar refractivity (Wildman–Crippen MR) is 109 cm³/mol. The van der Waals surface area contributed by atoms with Crippen molar-refractivity contribution >= 4 is 17.7 Å². The van der Waals surface area contributed by atoms with E-state index in [1.807, 2.05) is 36.9 Å². The van der Waals surface area contributed by atoms with Crippen molar-refractivity contribution in [3.8, 4) is 11.5 Å². The number of hydrogen-bond donors (Lipinski definition) is 2. The van der Waals surface area contributed by atoms with Crippen molar-refractivity contribution in [1.29, 1.82) is 0 Å². The van der Waals surface area contributed by atoms with Crippen molar-refractivity contribution in [3.63, 3.8) is 0 Å². The Morgan fingerprint density at radius 2 is 1.93 bits per heavy atom. The van der Waals surface area contributed by atoms with Crippen molar-refractivity contribution in [2.75, 3.05) is 18.3 Å².